The van der Waals surface area contributed by atoms with Gasteiger partial charge in [0.1, 0.15) is 0 Å². The SMILES string of the molecule is [F-].[Li+].[O]=[Mn](=[O])([OH])[OH]. The van der Waals surface area contributed by atoms with E-state index in [1.54, 1.807) is 0 Å². The van der Waals surface area contributed by atoms with Gasteiger partial charge in [0.2, 0.25) is 0 Å². The van der Waals surface area contributed by atoms with Crippen LogP contribution >= 0.6 is 0 Å². The van der Waals surface area contributed by atoms with Crippen molar-refractivity contribution in [3.63, 3.8) is 0 Å². The van der Waals surface area contributed by atoms with E-state index in [0.29, 0.717) is 0 Å². The summed E-state index contributed by atoms with van der Waals surface area (Å²) in [5.74, 6) is 0. The van der Waals surface area contributed by atoms with E-state index in [4.69, 9.17) is 16.0 Å². The van der Waals surface area contributed by atoms with E-state index < -0.39 is 13.4 Å². The molecule has 0 aliphatic heterocycles. The number of hydrogen-bond acceptors (Lipinski definition) is 2. The Balaban J connectivity index is -0.0000000800. The molecule has 0 aromatic carbocycles. The zero-order chi connectivity index (χ0) is 4.50. The molecule has 7 heavy (non-hydrogen) atoms. The summed E-state index contributed by atoms with van der Waals surface area (Å²) in [6, 6.07) is 0. The second-order valence-electron chi connectivity index (χ2n) is 0.415. The fourth-order valence-electron chi connectivity index (χ4n) is 0. The maximum absolute atomic E-state index is 8.80. The van der Waals surface area contributed by atoms with Crippen molar-refractivity contribution in [1.29, 1.82) is 0 Å². The van der Waals surface area contributed by atoms with E-state index in [9.17, 15) is 0 Å². The van der Waals surface area contributed by atoms with Gasteiger partial charge in [0.25, 0.3) is 0 Å². The first-order valence-corrected chi connectivity index (χ1v) is 2.67. The van der Waals surface area contributed by atoms with Gasteiger partial charge in [-0.3, -0.25) is 0 Å². The van der Waals surface area contributed by atoms with Crippen LogP contribution in [0.25, 0.3) is 0 Å². The first-order chi connectivity index (χ1) is 2.00. The van der Waals surface area contributed by atoms with Crippen LogP contribution in [-0.4, -0.2) is 8.38 Å². The average Bonchev–Trinajstić information content (AvgIpc) is 0.722. The molecule has 41 valence electrons. The molecule has 4 nitrogen and oxygen atoms in total. The summed E-state index contributed by atoms with van der Waals surface area (Å²) in [6.45, 7) is 0. The van der Waals surface area contributed by atoms with Crippen LogP contribution in [0.15, 0.2) is 0 Å². The molecule has 0 saturated carbocycles. The van der Waals surface area contributed by atoms with Crippen molar-refractivity contribution in [3.05, 3.63) is 0 Å². The van der Waals surface area contributed by atoms with E-state index in [0.717, 1.165) is 0 Å². The minimum absolute atomic E-state index is 0. The Morgan fingerprint density at radius 3 is 1.14 bits per heavy atom. The fourth-order valence-corrected chi connectivity index (χ4v) is 0. The van der Waals surface area contributed by atoms with Gasteiger partial charge in [-0.25, -0.2) is 0 Å². The Morgan fingerprint density at radius 1 is 1.14 bits per heavy atom. The Bertz CT molecular complexity index is 94.9. The third-order valence-electron chi connectivity index (χ3n) is 0. The van der Waals surface area contributed by atoms with Crippen LogP contribution in [-0.2, 0) is 21.0 Å². The summed E-state index contributed by atoms with van der Waals surface area (Å²) in [5, 5.41) is 0. The van der Waals surface area contributed by atoms with E-state index in [2.05, 4.69) is 0 Å². The molecule has 0 bridgehead atoms. The third kappa shape index (κ3) is 426. The van der Waals surface area contributed by atoms with Gasteiger partial charge in [0, 0.05) is 0 Å². The van der Waals surface area contributed by atoms with Crippen LogP contribution in [0.3, 0.4) is 0 Å². The predicted octanol–water partition coefficient (Wildman–Crippen LogP) is -7.35. The topological polar surface area (TPSA) is 74.6 Å². The minimum atomic E-state index is -5.12. The van der Waals surface area contributed by atoms with Crippen LogP contribution in [0.1, 0.15) is 0 Å². The van der Waals surface area contributed by atoms with E-state index in [1.165, 1.54) is 0 Å². The summed E-state index contributed by atoms with van der Waals surface area (Å²) in [5.41, 5.74) is 0. The molecule has 0 radical (unpaired) electrons. The average molecular weight is 147 g/mol. The number of hydrogen-bond donors (Lipinski definition) is 2. The number of rotatable bonds is 0. The monoisotopic (exact) mass is 147 g/mol. The van der Waals surface area contributed by atoms with E-state index in [1.807, 2.05) is 0 Å². The van der Waals surface area contributed by atoms with Crippen LogP contribution in [0.2, 0.25) is 0 Å². The standard InChI is InChI=1S/FH.Li.Mn.2H2O.2O/h1H;;;2*1H2;;/q;+1;+2;;;;/p-3. The van der Waals surface area contributed by atoms with Gasteiger partial charge >= 0.3 is 48.3 Å². The molecule has 0 aliphatic rings. The normalized spacial score (nSPS) is 8.29. The van der Waals surface area contributed by atoms with Gasteiger partial charge in [-0.2, -0.15) is 0 Å². The quantitative estimate of drug-likeness (QED) is 0.334. The molecular formula is H2FLiMnO4. The summed E-state index contributed by atoms with van der Waals surface area (Å²) < 4.78 is 31.8. The number of halogens is 1. The Kier molecular flexibility index (Phi) is 10.5. The molecule has 0 heterocycles. The molecule has 0 aliphatic carbocycles. The van der Waals surface area contributed by atoms with Crippen molar-refractivity contribution in [3.8, 4) is 0 Å². The van der Waals surface area contributed by atoms with Crippen molar-refractivity contribution < 1.29 is 53.0 Å². The van der Waals surface area contributed by atoms with Crippen molar-refractivity contribution >= 4 is 0 Å². The van der Waals surface area contributed by atoms with Crippen LogP contribution < -0.4 is 23.6 Å². The molecule has 0 spiro atoms. The second-order valence-corrected chi connectivity index (χ2v) is 1.71. The van der Waals surface area contributed by atoms with Crippen LogP contribution in [0.5, 0.6) is 0 Å². The van der Waals surface area contributed by atoms with Gasteiger partial charge in [-0.1, -0.05) is 0 Å². The van der Waals surface area contributed by atoms with Gasteiger partial charge in [-0.15, -0.1) is 0 Å². The van der Waals surface area contributed by atoms with Crippen LogP contribution in [0.4, 0.5) is 0 Å². The third-order valence-corrected chi connectivity index (χ3v) is 0. The first-order valence-electron chi connectivity index (χ1n) is 0.647. The second kappa shape index (κ2) is 4.72. The predicted molar refractivity (Wildman–Crippen MR) is 5.81 cm³/mol. The molecule has 0 saturated heterocycles. The zero-order valence-electron chi connectivity index (χ0n) is 3.47. The zero-order valence-corrected chi connectivity index (χ0v) is 4.65. The summed E-state index contributed by atoms with van der Waals surface area (Å²) in [6.07, 6.45) is 0. The van der Waals surface area contributed by atoms with Gasteiger partial charge in [0.15, 0.2) is 0 Å². The molecule has 0 rings (SSSR count). The summed E-state index contributed by atoms with van der Waals surface area (Å²) >= 11 is -5.12. The first kappa shape index (κ1) is 15.6. The summed E-state index contributed by atoms with van der Waals surface area (Å²) in [4.78, 5) is 0. The van der Waals surface area contributed by atoms with E-state index in [-0.39, 0.29) is 23.6 Å². The Hall–Kier alpha value is 0.567. The molecule has 0 atom stereocenters. The molecule has 0 unspecified atom stereocenters. The fraction of sp³-hybridized carbons (Fsp3) is 0. The van der Waals surface area contributed by atoms with Gasteiger partial charge in [-0.05, 0) is 0 Å². The van der Waals surface area contributed by atoms with Gasteiger partial charge < -0.3 is 4.70 Å². The van der Waals surface area contributed by atoms with Crippen molar-refractivity contribution in [1.82, 2.24) is 0 Å². The summed E-state index contributed by atoms with van der Waals surface area (Å²) in [7, 11) is 0. The van der Waals surface area contributed by atoms with Crippen molar-refractivity contribution in [2.45, 2.75) is 0 Å². The Morgan fingerprint density at radius 2 is 1.14 bits per heavy atom. The van der Waals surface area contributed by atoms with Crippen molar-refractivity contribution in [2.75, 3.05) is 0 Å². The molecule has 0 fully saturated rings. The maximum atomic E-state index is 8.80. The van der Waals surface area contributed by atoms with E-state index >= 15 is 0 Å². The van der Waals surface area contributed by atoms with Crippen LogP contribution in [0, 0.1) is 0 Å². The Labute approximate surface area is 53.4 Å². The molecule has 0 aromatic heterocycles. The molecule has 2 N–H and O–H groups in total. The molecule has 0 amide bonds. The molecule has 0 aromatic rings. The van der Waals surface area contributed by atoms with Crippen molar-refractivity contribution in [2.24, 2.45) is 0 Å². The molecular weight excluding hydrogens is 145 g/mol. The molecule has 7 heteroatoms. The van der Waals surface area contributed by atoms with Gasteiger partial charge in [0.05, 0.1) is 0 Å².